The third kappa shape index (κ3) is 5.32. The zero-order valence-corrected chi connectivity index (χ0v) is 15.9. The standard InChI is InChI=1S/C20H20F4N4O2/c21-14-7-6-12(20(22,23)24)10-13(14)16-11-27-18(28-16)15(25)4-2-1-3-5-17(29)19-26-8-9-30-19/h6-11,15H,1-5,25H2,(H,27,28)/t15-/m0/s1. The SMILES string of the molecule is N[C@@H](CCCCCC(=O)c1ncco1)c1ncc(-c2cc(C(F)(F)F)ccc2F)[nH]1. The second-order valence-corrected chi connectivity index (χ2v) is 6.84. The van der Waals surface area contributed by atoms with Gasteiger partial charge in [0.2, 0.25) is 5.78 Å². The van der Waals surface area contributed by atoms with E-state index in [0.29, 0.717) is 37.6 Å². The van der Waals surface area contributed by atoms with E-state index in [1.807, 2.05) is 0 Å². The maximum absolute atomic E-state index is 14.0. The Morgan fingerprint density at radius 2 is 2.00 bits per heavy atom. The van der Waals surface area contributed by atoms with Crippen LogP contribution in [-0.2, 0) is 6.18 Å². The maximum Gasteiger partial charge on any atom is 0.416 e. The number of benzene rings is 1. The van der Waals surface area contributed by atoms with Crippen LogP contribution in [0, 0.1) is 5.82 Å². The highest BCUT2D eigenvalue weighted by molar-refractivity contribution is 5.91. The molecular formula is C20H20F4N4O2. The smallest absolute Gasteiger partial charge is 0.416 e. The second-order valence-electron chi connectivity index (χ2n) is 6.84. The Hall–Kier alpha value is -3.01. The first-order valence-electron chi connectivity index (χ1n) is 9.36. The van der Waals surface area contributed by atoms with Gasteiger partial charge in [-0.25, -0.2) is 14.4 Å². The summed E-state index contributed by atoms with van der Waals surface area (Å²) in [5, 5.41) is 0. The zero-order valence-electron chi connectivity index (χ0n) is 15.9. The molecule has 0 aliphatic rings. The van der Waals surface area contributed by atoms with Crippen molar-refractivity contribution in [1.82, 2.24) is 15.0 Å². The van der Waals surface area contributed by atoms with E-state index in [9.17, 15) is 22.4 Å². The predicted octanol–water partition coefficient (Wildman–Crippen LogP) is 5.06. The number of nitrogens with one attached hydrogen (secondary N) is 1. The Kier molecular flexibility index (Phi) is 6.66. The third-order valence-electron chi connectivity index (χ3n) is 4.62. The minimum atomic E-state index is -4.57. The second kappa shape index (κ2) is 9.21. The maximum atomic E-state index is 14.0. The average Bonchev–Trinajstić information content (AvgIpc) is 3.39. The number of nitrogens with zero attached hydrogens (tertiary/aromatic N) is 2. The van der Waals surface area contributed by atoms with Gasteiger partial charge in [-0.05, 0) is 31.0 Å². The topological polar surface area (TPSA) is 97.8 Å². The fourth-order valence-corrected chi connectivity index (χ4v) is 3.00. The Labute approximate surface area is 169 Å². The molecular weight excluding hydrogens is 404 g/mol. The van der Waals surface area contributed by atoms with Gasteiger partial charge in [0.1, 0.15) is 17.9 Å². The van der Waals surface area contributed by atoms with E-state index >= 15 is 0 Å². The molecule has 3 rings (SSSR count). The van der Waals surface area contributed by atoms with Crippen molar-refractivity contribution in [2.24, 2.45) is 5.73 Å². The first kappa shape index (κ1) is 21.7. The Morgan fingerprint density at radius 1 is 1.20 bits per heavy atom. The number of imidazole rings is 1. The van der Waals surface area contributed by atoms with Crippen LogP contribution >= 0.6 is 0 Å². The molecule has 0 radical (unpaired) electrons. The summed E-state index contributed by atoms with van der Waals surface area (Å²) in [4.78, 5) is 22.5. The number of unbranched alkanes of at least 4 members (excludes halogenated alkanes) is 2. The Morgan fingerprint density at radius 3 is 2.70 bits per heavy atom. The highest BCUT2D eigenvalue weighted by Gasteiger charge is 2.31. The summed E-state index contributed by atoms with van der Waals surface area (Å²) in [5.41, 5.74) is 5.04. The van der Waals surface area contributed by atoms with Gasteiger partial charge >= 0.3 is 6.18 Å². The minimum absolute atomic E-state index is 0.0941. The predicted molar refractivity (Wildman–Crippen MR) is 99.8 cm³/mol. The van der Waals surface area contributed by atoms with Gasteiger partial charge in [-0.1, -0.05) is 12.8 Å². The zero-order chi connectivity index (χ0) is 21.7. The average molecular weight is 424 g/mol. The summed E-state index contributed by atoms with van der Waals surface area (Å²) in [6.45, 7) is 0. The lowest BCUT2D eigenvalue weighted by molar-refractivity contribution is -0.137. The van der Waals surface area contributed by atoms with Gasteiger partial charge in [-0.3, -0.25) is 4.79 Å². The summed E-state index contributed by atoms with van der Waals surface area (Å²) in [6, 6.07) is 1.71. The van der Waals surface area contributed by atoms with Crippen LogP contribution in [-0.4, -0.2) is 20.7 Å². The molecule has 3 aromatic rings. The highest BCUT2D eigenvalue weighted by atomic mass is 19.4. The molecule has 1 atom stereocenters. The van der Waals surface area contributed by atoms with E-state index in [1.54, 1.807) is 0 Å². The van der Waals surface area contributed by atoms with Crippen molar-refractivity contribution in [3.05, 3.63) is 60.0 Å². The Bertz CT molecular complexity index is 983. The molecule has 10 heteroatoms. The monoisotopic (exact) mass is 424 g/mol. The van der Waals surface area contributed by atoms with Gasteiger partial charge in [0, 0.05) is 12.0 Å². The van der Waals surface area contributed by atoms with Crippen LogP contribution in [0.4, 0.5) is 17.6 Å². The van der Waals surface area contributed by atoms with Crippen LogP contribution in [0.15, 0.2) is 41.3 Å². The molecule has 0 saturated heterocycles. The van der Waals surface area contributed by atoms with Gasteiger partial charge in [0.05, 0.1) is 29.7 Å². The van der Waals surface area contributed by atoms with Crippen molar-refractivity contribution >= 4 is 5.78 Å². The van der Waals surface area contributed by atoms with Crippen molar-refractivity contribution in [1.29, 1.82) is 0 Å². The van der Waals surface area contributed by atoms with E-state index in [1.165, 1.54) is 18.7 Å². The molecule has 0 fully saturated rings. The van der Waals surface area contributed by atoms with Crippen molar-refractivity contribution in [3.63, 3.8) is 0 Å². The molecule has 0 amide bonds. The lowest BCUT2D eigenvalue weighted by Crippen LogP contribution is -2.12. The molecule has 0 saturated carbocycles. The number of carbonyl (C=O) groups excluding carboxylic acids is 1. The molecule has 2 heterocycles. The molecule has 1 aromatic carbocycles. The fourth-order valence-electron chi connectivity index (χ4n) is 3.00. The number of alkyl halides is 3. The van der Waals surface area contributed by atoms with Crippen LogP contribution in [0.1, 0.15) is 60.2 Å². The fraction of sp³-hybridized carbons (Fsp3) is 0.350. The number of carbonyl (C=O) groups is 1. The van der Waals surface area contributed by atoms with Gasteiger partial charge in [0.25, 0.3) is 5.89 Å². The number of nitrogens with two attached hydrogens (primary N) is 1. The van der Waals surface area contributed by atoms with Crippen LogP contribution in [0.2, 0.25) is 0 Å². The van der Waals surface area contributed by atoms with E-state index in [2.05, 4.69) is 15.0 Å². The largest absolute Gasteiger partial charge is 0.442 e. The molecule has 160 valence electrons. The van der Waals surface area contributed by atoms with Gasteiger partial charge in [0.15, 0.2) is 0 Å². The molecule has 0 unspecified atom stereocenters. The van der Waals surface area contributed by atoms with Crippen molar-refractivity contribution in [2.45, 2.75) is 44.3 Å². The lowest BCUT2D eigenvalue weighted by Gasteiger charge is -2.10. The Balaban J connectivity index is 1.53. The normalized spacial score (nSPS) is 12.8. The van der Waals surface area contributed by atoms with Crippen LogP contribution in [0.25, 0.3) is 11.3 Å². The number of hydrogen-bond acceptors (Lipinski definition) is 5. The number of ketones is 1. The lowest BCUT2D eigenvalue weighted by atomic mass is 10.1. The molecule has 0 aliphatic carbocycles. The molecule has 0 spiro atoms. The summed E-state index contributed by atoms with van der Waals surface area (Å²) in [7, 11) is 0. The number of oxazole rings is 1. The van der Waals surface area contributed by atoms with Crippen LogP contribution < -0.4 is 5.73 Å². The van der Waals surface area contributed by atoms with Gasteiger partial charge < -0.3 is 15.1 Å². The van der Waals surface area contributed by atoms with Crippen molar-refractivity contribution in [3.8, 4) is 11.3 Å². The van der Waals surface area contributed by atoms with E-state index in [0.717, 1.165) is 18.6 Å². The quantitative estimate of drug-likeness (QED) is 0.284. The number of hydrogen-bond donors (Lipinski definition) is 2. The molecule has 2 aromatic heterocycles. The molecule has 0 bridgehead atoms. The number of Topliss-reactive ketones (excluding diaryl/α,β-unsaturated/α-hetero) is 1. The molecule has 6 nitrogen and oxygen atoms in total. The van der Waals surface area contributed by atoms with Crippen LogP contribution in [0.3, 0.4) is 0 Å². The first-order valence-corrected chi connectivity index (χ1v) is 9.36. The number of aromatic nitrogens is 3. The summed E-state index contributed by atoms with van der Waals surface area (Å²) in [5.74, 6) is -0.500. The van der Waals surface area contributed by atoms with Gasteiger partial charge in [-0.2, -0.15) is 13.2 Å². The molecule has 0 aliphatic heterocycles. The summed E-state index contributed by atoms with van der Waals surface area (Å²) in [6.07, 6.45) is 2.42. The third-order valence-corrected chi connectivity index (χ3v) is 4.62. The van der Waals surface area contributed by atoms with Crippen LogP contribution in [0.5, 0.6) is 0 Å². The summed E-state index contributed by atoms with van der Waals surface area (Å²) >= 11 is 0. The number of H-pyrrole nitrogens is 1. The molecule has 30 heavy (non-hydrogen) atoms. The number of rotatable bonds is 9. The van der Waals surface area contributed by atoms with E-state index < -0.39 is 23.6 Å². The number of halogens is 4. The number of aromatic amines is 1. The minimum Gasteiger partial charge on any atom is -0.442 e. The van der Waals surface area contributed by atoms with Crippen molar-refractivity contribution in [2.75, 3.05) is 0 Å². The first-order chi connectivity index (χ1) is 14.3. The highest BCUT2D eigenvalue weighted by Crippen LogP contribution is 2.33. The summed E-state index contributed by atoms with van der Waals surface area (Å²) < 4.78 is 57.6. The van der Waals surface area contributed by atoms with Crippen molar-refractivity contribution < 1.29 is 26.8 Å². The van der Waals surface area contributed by atoms with E-state index in [-0.39, 0.29) is 22.9 Å². The molecule has 3 N–H and O–H groups in total. The van der Waals surface area contributed by atoms with Gasteiger partial charge in [-0.15, -0.1) is 0 Å². The van der Waals surface area contributed by atoms with E-state index in [4.69, 9.17) is 10.2 Å².